The fourth-order valence-corrected chi connectivity index (χ4v) is 13.9. The van der Waals surface area contributed by atoms with Crippen LogP contribution in [0.2, 0.25) is 16.6 Å². The molecule has 1 fully saturated rings. The topological polar surface area (TPSA) is 106 Å². The highest BCUT2D eigenvalue weighted by atomic mass is 28.4. The number of hydrogen-bond acceptors (Lipinski definition) is 7. The van der Waals surface area contributed by atoms with Crippen LogP contribution < -0.4 is 4.43 Å². The van der Waals surface area contributed by atoms with Crippen LogP contribution >= 0.6 is 0 Å². The summed E-state index contributed by atoms with van der Waals surface area (Å²) in [5.74, 6) is -2.05. The number of halogens is 2. The Kier molecular flexibility index (Phi) is 12.5. The number of aliphatic hydroxyl groups is 1. The van der Waals surface area contributed by atoms with Gasteiger partial charge in [-0.2, -0.15) is 0 Å². The standard InChI is InChI=1S/C43H56F2N2O7Si/c1-27(2)55(28(3)4,29(5)6)54-38-17-13-16-32-21-35(46(25-37(32)38)40(49)53-42(7,8)9)24-43(51,23-31-18-33(44)22-34(45)19-31)39(48)47-36(26-52-41(47)50)20-30-14-11-10-12-15-30/h10-19,22,27-29,35-36,51H,20-21,23-26H2,1-9H3/t35?,36-,43+/m0/s1. The van der Waals surface area contributed by atoms with E-state index in [0.717, 1.165) is 33.7 Å². The van der Waals surface area contributed by atoms with Crippen molar-refractivity contribution in [3.63, 3.8) is 0 Å². The molecule has 0 saturated carbocycles. The first-order valence-corrected chi connectivity index (χ1v) is 21.4. The molecule has 3 atom stereocenters. The van der Waals surface area contributed by atoms with Crippen molar-refractivity contribution >= 4 is 26.4 Å². The average Bonchev–Trinajstić information content (AvgIpc) is 3.43. The molecule has 1 unspecified atom stereocenters. The number of fused-ring (bicyclic) bond motifs is 1. The number of carbonyl (C=O) groups is 3. The van der Waals surface area contributed by atoms with Crippen LogP contribution in [0.25, 0.3) is 0 Å². The van der Waals surface area contributed by atoms with Crippen LogP contribution in [0, 0.1) is 11.6 Å². The molecule has 1 saturated heterocycles. The minimum Gasteiger partial charge on any atom is -0.542 e. The van der Waals surface area contributed by atoms with E-state index in [0.29, 0.717) is 28.4 Å². The van der Waals surface area contributed by atoms with Gasteiger partial charge in [-0.25, -0.2) is 23.3 Å². The number of imide groups is 1. The van der Waals surface area contributed by atoms with Gasteiger partial charge < -0.3 is 23.9 Å². The molecule has 298 valence electrons. The van der Waals surface area contributed by atoms with E-state index in [4.69, 9.17) is 13.9 Å². The molecular formula is C43H56F2N2O7Si. The zero-order chi connectivity index (χ0) is 40.5. The molecule has 0 aliphatic carbocycles. The molecule has 3 aromatic rings. The Morgan fingerprint density at radius 3 is 2.09 bits per heavy atom. The number of ether oxygens (including phenoxy) is 2. The lowest BCUT2D eigenvalue weighted by Gasteiger charge is -2.45. The third kappa shape index (κ3) is 9.23. The van der Waals surface area contributed by atoms with Crippen LogP contribution in [-0.2, 0) is 40.1 Å². The Morgan fingerprint density at radius 1 is 0.891 bits per heavy atom. The summed E-state index contributed by atoms with van der Waals surface area (Å²) in [5, 5.41) is 12.7. The van der Waals surface area contributed by atoms with E-state index in [1.165, 1.54) is 4.90 Å². The van der Waals surface area contributed by atoms with Crippen molar-refractivity contribution in [2.24, 2.45) is 0 Å². The van der Waals surface area contributed by atoms with Crippen molar-refractivity contribution in [1.82, 2.24) is 9.80 Å². The molecule has 55 heavy (non-hydrogen) atoms. The summed E-state index contributed by atoms with van der Waals surface area (Å²) in [7, 11) is -2.42. The molecule has 3 amide bonds. The van der Waals surface area contributed by atoms with Crippen molar-refractivity contribution in [2.45, 2.75) is 134 Å². The van der Waals surface area contributed by atoms with Gasteiger partial charge in [0, 0.05) is 30.5 Å². The second-order valence-electron chi connectivity index (χ2n) is 17.1. The van der Waals surface area contributed by atoms with Crippen molar-refractivity contribution < 1.29 is 42.2 Å². The first-order chi connectivity index (χ1) is 25.7. The maximum absolute atomic E-state index is 14.7. The van der Waals surface area contributed by atoms with E-state index < -0.39 is 67.8 Å². The molecule has 12 heteroatoms. The normalized spacial score (nSPS) is 18.7. The fourth-order valence-electron chi connectivity index (χ4n) is 8.65. The van der Waals surface area contributed by atoms with E-state index in [9.17, 15) is 28.3 Å². The van der Waals surface area contributed by atoms with Gasteiger partial charge in [0.1, 0.15) is 35.2 Å². The Morgan fingerprint density at radius 2 is 1.51 bits per heavy atom. The predicted octanol–water partition coefficient (Wildman–Crippen LogP) is 9.13. The van der Waals surface area contributed by atoms with Crippen molar-refractivity contribution in [3.8, 4) is 5.75 Å². The zero-order valence-electron chi connectivity index (χ0n) is 33.5. The molecule has 9 nitrogen and oxygen atoms in total. The lowest BCUT2D eigenvalue weighted by Crippen LogP contribution is -2.58. The molecule has 0 bridgehead atoms. The van der Waals surface area contributed by atoms with Crippen LogP contribution in [0.3, 0.4) is 0 Å². The number of hydrogen-bond donors (Lipinski definition) is 1. The molecule has 3 aromatic carbocycles. The summed E-state index contributed by atoms with van der Waals surface area (Å²) in [6, 6.07) is 16.3. The lowest BCUT2D eigenvalue weighted by molar-refractivity contribution is -0.151. The van der Waals surface area contributed by atoms with Gasteiger partial charge >= 0.3 is 12.2 Å². The smallest absolute Gasteiger partial charge is 0.417 e. The quantitative estimate of drug-likeness (QED) is 0.183. The zero-order valence-corrected chi connectivity index (χ0v) is 34.5. The van der Waals surface area contributed by atoms with E-state index >= 15 is 0 Å². The highest BCUT2D eigenvalue weighted by molar-refractivity contribution is 6.78. The largest absolute Gasteiger partial charge is 0.542 e. The molecule has 5 rings (SSSR count). The Balaban J connectivity index is 1.59. The van der Waals surface area contributed by atoms with Crippen LogP contribution in [-0.4, -0.2) is 71.2 Å². The molecule has 2 aliphatic heterocycles. The number of benzene rings is 3. The molecule has 2 aliphatic rings. The highest BCUT2D eigenvalue weighted by Gasteiger charge is 2.51. The summed E-state index contributed by atoms with van der Waals surface area (Å²) < 4.78 is 47.5. The molecule has 0 aromatic heterocycles. The third-order valence-corrected chi connectivity index (χ3v) is 16.9. The SMILES string of the molecule is CC(C)[Si](Oc1cccc2c1CN(C(=O)OC(C)(C)C)C(C[C@](O)(Cc1cc(F)cc(F)c1)C(=O)N1C(=O)OC[C@@H]1Cc1ccccc1)C2)(C(C)C)C(C)C. The van der Waals surface area contributed by atoms with Gasteiger partial charge in [-0.15, -0.1) is 0 Å². The van der Waals surface area contributed by atoms with E-state index in [1.807, 2.05) is 48.5 Å². The summed E-state index contributed by atoms with van der Waals surface area (Å²) in [6.45, 7) is 18.4. The van der Waals surface area contributed by atoms with Gasteiger partial charge in [0.2, 0.25) is 0 Å². The molecule has 0 radical (unpaired) electrons. The van der Waals surface area contributed by atoms with Crippen LogP contribution in [0.4, 0.5) is 18.4 Å². The van der Waals surface area contributed by atoms with E-state index in [1.54, 1.807) is 20.8 Å². The second-order valence-corrected chi connectivity index (χ2v) is 22.4. The monoisotopic (exact) mass is 778 g/mol. The number of carbonyl (C=O) groups excluding carboxylic acids is 3. The summed E-state index contributed by atoms with van der Waals surface area (Å²) in [4.78, 5) is 44.5. The lowest BCUT2D eigenvalue weighted by atomic mass is 9.81. The van der Waals surface area contributed by atoms with Crippen molar-refractivity contribution in [3.05, 3.63) is 101 Å². The van der Waals surface area contributed by atoms with E-state index in [2.05, 4.69) is 41.5 Å². The highest BCUT2D eigenvalue weighted by Crippen LogP contribution is 2.45. The van der Waals surface area contributed by atoms with Crippen LogP contribution in [0.15, 0.2) is 66.7 Å². The molecular weight excluding hydrogens is 723 g/mol. The summed E-state index contributed by atoms with van der Waals surface area (Å²) in [5.41, 5.74) is 0.124. The minimum atomic E-state index is -2.42. The van der Waals surface area contributed by atoms with Crippen LogP contribution in [0.1, 0.15) is 91.0 Å². The second kappa shape index (κ2) is 16.4. The number of amides is 3. The summed E-state index contributed by atoms with van der Waals surface area (Å²) >= 11 is 0. The minimum absolute atomic E-state index is 0.00796. The molecule has 0 spiro atoms. The predicted molar refractivity (Wildman–Crippen MR) is 209 cm³/mol. The number of cyclic esters (lactones) is 1. The molecule has 1 N–H and O–H groups in total. The Hall–Kier alpha value is -4.29. The van der Waals surface area contributed by atoms with E-state index in [-0.39, 0.29) is 38.0 Å². The fraction of sp³-hybridized carbons (Fsp3) is 0.512. The first kappa shape index (κ1) is 41.9. The van der Waals surface area contributed by atoms with Gasteiger partial charge in [-0.3, -0.25) is 4.79 Å². The first-order valence-electron chi connectivity index (χ1n) is 19.2. The van der Waals surface area contributed by atoms with Gasteiger partial charge in [0.05, 0.1) is 12.6 Å². The van der Waals surface area contributed by atoms with Crippen LogP contribution in [0.5, 0.6) is 5.75 Å². The van der Waals surface area contributed by atoms with Gasteiger partial charge in [-0.05, 0) is 85.1 Å². The maximum atomic E-state index is 14.7. The third-order valence-electron chi connectivity index (χ3n) is 11.0. The number of rotatable bonds is 12. The van der Waals surface area contributed by atoms with Gasteiger partial charge in [-0.1, -0.05) is 84.0 Å². The Labute approximate surface area is 325 Å². The summed E-state index contributed by atoms with van der Waals surface area (Å²) in [6.07, 6.45) is -2.04. The van der Waals surface area contributed by atoms with Gasteiger partial charge in [0.15, 0.2) is 0 Å². The van der Waals surface area contributed by atoms with Crippen molar-refractivity contribution in [2.75, 3.05) is 6.61 Å². The average molecular weight is 779 g/mol. The number of nitrogens with zero attached hydrogens (tertiary/aromatic N) is 2. The van der Waals surface area contributed by atoms with Crippen molar-refractivity contribution in [1.29, 1.82) is 0 Å². The van der Waals surface area contributed by atoms with Gasteiger partial charge in [0.25, 0.3) is 14.2 Å². The molecule has 2 heterocycles. The maximum Gasteiger partial charge on any atom is 0.417 e. The Bertz CT molecular complexity index is 1820.